The quantitative estimate of drug-likeness (QED) is 0.900. The SMILES string of the molecule is O=C1CCc2cc(C(=O)NCC3(c4ccccc4)CC3)c(F)cc2N1. The van der Waals surface area contributed by atoms with E-state index in [2.05, 4.69) is 22.8 Å². The van der Waals surface area contributed by atoms with E-state index in [9.17, 15) is 14.0 Å². The number of fused-ring (bicyclic) bond motifs is 1. The van der Waals surface area contributed by atoms with Gasteiger partial charge in [0.05, 0.1) is 5.56 Å². The Hall–Kier alpha value is -2.69. The summed E-state index contributed by atoms with van der Waals surface area (Å²) in [6, 6.07) is 12.9. The second kappa shape index (κ2) is 5.99. The van der Waals surface area contributed by atoms with Gasteiger partial charge in [-0.25, -0.2) is 4.39 Å². The van der Waals surface area contributed by atoms with Crippen LogP contribution >= 0.6 is 0 Å². The van der Waals surface area contributed by atoms with Crippen LogP contribution in [-0.4, -0.2) is 18.4 Å². The Labute approximate surface area is 145 Å². The van der Waals surface area contributed by atoms with Gasteiger partial charge in [-0.05, 0) is 42.5 Å². The summed E-state index contributed by atoms with van der Waals surface area (Å²) >= 11 is 0. The predicted octanol–water partition coefficient (Wildman–Crippen LogP) is 3.17. The lowest BCUT2D eigenvalue weighted by Crippen LogP contribution is -2.33. The largest absolute Gasteiger partial charge is 0.351 e. The lowest BCUT2D eigenvalue weighted by molar-refractivity contribution is -0.116. The molecule has 2 N–H and O–H groups in total. The smallest absolute Gasteiger partial charge is 0.254 e. The first kappa shape index (κ1) is 15.8. The first-order chi connectivity index (χ1) is 12.1. The molecule has 0 radical (unpaired) electrons. The maximum atomic E-state index is 14.3. The summed E-state index contributed by atoms with van der Waals surface area (Å²) in [5.74, 6) is -1.13. The highest BCUT2D eigenvalue weighted by atomic mass is 19.1. The van der Waals surface area contributed by atoms with Crippen LogP contribution in [0, 0.1) is 5.82 Å². The summed E-state index contributed by atoms with van der Waals surface area (Å²) in [6.07, 6.45) is 2.93. The number of rotatable bonds is 4. The lowest BCUT2D eigenvalue weighted by atomic mass is 9.95. The summed E-state index contributed by atoms with van der Waals surface area (Å²) in [4.78, 5) is 23.9. The summed E-state index contributed by atoms with van der Waals surface area (Å²) < 4.78 is 14.3. The van der Waals surface area contributed by atoms with Crippen LogP contribution in [0.5, 0.6) is 0 Å². The Morgan fingerprint density at radius 3 is 2.64 bits per heavy atom. The number of hydrogen-bond donors (Lipinski definition) is 2. The molecule has 1 heterocycles. The molecule has 1 saturated carbocycles. The molecule has 1 aliphatic carbocycles. The van der Waals surface area contributed by atoms with Crippen molar-refractivity contribution in [1.29, 1.82) is 0 Å². The predicted molar refractivity (Wildman–Crippen MR) is 93.0 cm³/mol. The average Bonchev–Trinajstić information content (AvgIpc) is 3.41. The van der Waals surface area contributed by atoms with Crippen molar-refractivity contribution < 1.29 is 14.0 Å². The van der Waals surface area contributed by atoms with E-state index < -0.39 is 11.7 Å². The topological polar surface area (TPSA) is 58.2 Å². The molecular formula is C20H19FN2O2. The lowest BCUT2D eigenvalue weighted by Gasteiger charge is -2.19. The van der Waals surface area contributed by atoms with Crippen molar-refractivity contribution in [3.05, 3.63) is 65.0 Å². The minimum absolute atomic E-state index is 0.0183. The molecule has 0 bridgehead atoms. The number of carbonyl (C=O) groups is 2. The number of carbonyl (C=O) groups excluding carboxylic acids is 2. The summed E-state index contributed by atoms with van der Waals surface area (Å²) in [5, 5.41) is 5.53. The van der Waals surface area contributed by atoms with Crippen molar-refractivity contribution in [2.75, 3.05) is 11.9 Å². The number of aryl methyl sites for hydroxylation is 1. The van der Waals surface area contributed by atoms with Gasteiger partial charge >= 0.3 is 0 Å². The third-order valence-electron chi connectivity index (χ3n) is 5.16. The van der Waals surface area contributed by atoms with Crippen LogP contribution in [-0.2, 0) is 16.6 Å². The van der Waals surface area contributed by atoms with Crippen LogP contribution in [0.2, 0.25) is 0 Å². The maximum absolute atomic E-state index is 14.3. The van der Waals surface area contributed by atoms with Crippen LogP contribution in [0.1, 0.15) is 40.7 Å². The molecule has 2 amide bonds. The van der Waals surface area contributed by atoms with Gasteiger partial charge in [-0.1, -0.05) is 30.3 Å². The first-order valence-electron chi connectivity index (χ1n) is 8.53. The molecule has 0 unspecified atom stereocenters. The second-order valence-electron chi connectivity index (χ2n) is 6.87. The minimum Gasteiger partial charge on any atom is -0.351 e. The van der Waals surface area contributed by atoms with Crippen molar-refractivity contribution in [3.63, 3.8) is 0 Å². The Balaban J connectivity index is 1.50. The van der Waals surface area contributed by atoms with Crippen molar-refractivity contribution in [2.45, 2.75) is 31.1 Å². The highest BCUT2D eigenvalue weighted by Crippen LogP contribution is 2.47. The number of anilines is 1. The molecule has 0 aromatic heterocycles. The average molecular weight is 338 g/mol. The minimum atomic E-state index is -0.608. The Bertz CT molecular complexity index is 844. The van der Waals surface area contributed by atoms with E-state index in [-0.39, 0.29) is 16.9 Å². The van der Waals surface area contributed by atoms with Gasteiger partial charge in [0.2, 0.25) is 5.91 Å². The van der Waals surface area contributed by atoms with Gasteiger partial charge in [0, 0.05) is 24.1 Å². The zero-order chi connectivity index (χ0) is 17.4. The molecule has 1 aliphatic heterocycles. The summed E-state index contributed by atoms with van der Waals surface area (Å²) in [5.41, 5.74) is 2.50. The van der Waals surface area contributed by atoms with Crippen LogP contribution in [0.15, 0.2) is 42.5 Å². The fraction of sp³-hybridized carbons (Fsp3) is 0.300. The molecule has 128 valence electrons. The Kier molecular flexibility index (Phi) is 3.79. The van der Waals surface area contributed by atoms with Crippen molar-refractivity contribution >= 4 is 17.5 Å². The number of halogens is 1. The number of hydrogen-bond acceptors (Lipinski definition) is 2. The Morgan fingerprint density at radius 2 is 1.92 bits per heavy atom. The summed E-state index contributed by atoms with van der Waals surface area (Å²) in [6.45, 7) is 0.503. The van der Waals surface area contributed by atoms with Crippen LogP contribution in [0.4, 0.5) is 10.1 Å². The van der Waals surface area contributed by atoms with Gasteiger partial charge in [-0.2, -0.15) is 0 Å². The highest BCUT2D eigenvalue weighted by molar-refractivity contribution is 5.98. The van der Waals surface area contributed by atoms with Gasteiger partial charge in [-0.3, -0.25) is 9.59 Å². The number of benzene rings is 2. The zero-order valence-electron chi connectivity index (χ0n) is 13.8. The van der Waals surface area contributed by atoms with Crippen molar-refractivity contribution in [1.82, 2.24) is 5.32 Å². The molecule has 0 spiro atoms. The molecule has 25 heavy (non-hydrogen) atoms. The molecule has 4 rings (SSSR count). The molecule has 1 fully saturated rings. The van der Waals surface area contributed by atoms with E-state index in [4.69, 9.17) is 0 Å². The van der Waals surface area contributed by atoms with Gasteiger partial charge in [0.1, 0.15) is 5.82 Å². The Morgan fingerprint density at radius 1 is 1.16 bits per heavy atom. The van der Waals surface area contributed by atoms with E-state index in [0.717, 1.165) is 18.4 Å². The second-order valence-corrected chi connectivity index (χ2v) is 6.87. The fourth-order valence-electron chi connectivity index (χ4n) is 3.43. The number of amides is 2. The maximum Gasteiger partial charge on any atom is 0.254 e. The number of nitrogens with one attached hydrogen (secondary N) is 2. The monoisotopic (exact) mass is 338 g/mol. The molecular weight excluding hydrogens is 319 g/mol. The van der Waals surface area contributed by atoms with Crippen LogP contribution < -0.4 is 10.6 Å². The first-order valence-corrected chi connectivity index (χ1v) is 8.53. The third-order valence-corrected chi connectivity index (χ3v) is 5.16. The summed E-state index contributed by atoms with van der Waals surface area (Å²) in [7, 11) is 0. The molecule has 2 aromatic rings. The molecule has 4 nitrogen and oxygen atoms in total. The third kappa shape index (κ3) is 3.02. The van der Waals surface area contributed by atoms with Gasteiger partial charge in [0.15, 0.2) is 0 Å². The van der Waals surface area contributed by atoms with Crippen molar-refractivity contribution in [2.24, 2.45) is 0 Å². The standard InChI is InChI=1S/C20H19FN2O2/c21-16-11-17-13(6-7-18(24)23-17)10-15(16)19(25)22-12-20(8-9-20)14-4-2-1-3-5-14/h1-5,10-11H,6-9,12H2,(H,22,25)(H,23,24). The van der Waals surface area contributed by atoms with E-state index in [0.29, 0.717) is 25.1 Å². The molecule has 2 aromatic carbocycles. The van der Waals surface area contributed by atoms with Gasteiger partial charge < -0.3 is 10.6 Å². The van der Waals surface area contributed by atoms with E-state index in [1.54, 1.807) is 6.07 Å². The van der Waals surface area contributed by atoms with Crippen LogP contribution in [0.25, 0.3) is 0 Å². The zero-order valence-corrected chi connectivity index (χ0v) is 13.8. The normalized spacial score (nSPS) is 17.4. The van der Waals surface area contributed by atoms with E-state index in [1.807, 2.05) is 18.2 Å². The van der Waals surface area contributed by atoms with Gasteiger partial charge in [0.25, 0.3) is 5.91 Å². The fourth-order valence-corrected chi connectivity index (χ4v) is 3.43. The van der Waals surface area contributed by atoms with Gasteiger partial charge in [-0.15, -0.1) is 0 Å². The highest BCUT2D eigenvalue weighted by Gasteiger charge is 2.44. The van der Waals surface area contributed by atoms with Crippen molar-refractivity contribution in [3.8, 4) is 0 Å². The molecule has 0 atom stereocenters. The molecule has 2 aliphatic rings. The van der Waals surface area contributed by atoms with Crippen LogP contribution in [0.3, 0.4) is 0 Å². The molecule has 0 saturated heterocycles. The van der Waals surface area contributed by atoms with E-state index in [1.165, 1.54) is 11.6 Å². The molecule has 5 heteroatoms. The van der Waals surface area contributed by atoms with E-state index >= 15 is 0 Å².